The summed E-state index contributed by atoms with van der Waals surface area (Å²) in [5.41, 5.74) is 2.78. The summed E-state index contributed by atoms with van der Waals surface area (Å²) >= 11 is 0. The molecule has 2 saturated heterocycles. The number of hydroxylamine groups is 4. The highest BCUT2D eigenvalue weighted by Gasteiger charge is 2.54. The first kappa shape index (κ1) is 45.4. The van der Waals surface area contributed by atoms with Crippen molar-refractivity contribution < 1.29 is 19.9 Å². The van der Waals surface area contributed by atoms with E-state index in [0.29, 0.717) is 11.4 Å². The van der Waals surface area contributed by atoms with Crippen LogP contribution in [0, 0.1) is 0 Å². The molecule has 322 valence electrons. The Labute approximate surface area is 360 Å². The van der Waals surface area contributed by atoms with Crippen molar-refractivity contribution in [2.24, 2.45) is 10.2 Å². The fraction of sp³-hybridized carbons (Fsp3) is 0.538. The van der Waals surface area contributed by atoms with Gasteiger partial charge in [0.2, 0.25) is 0 Å². The van der Waals surface area contributed by atoms with Crippen LogP contribution in [-0.4, -0.2) is 23.3 Å². The number of azo groups is 1. The third kappa shape index (κ3) is 10.3. The molecule has 4 atom stereocenters. The first-order valence-electron chi connectivity index (χ1n) is 23.0. The molecule has 0 amide bonds. The van der Waals surface area contributed by atoms with Gasteiger partial charge in [-0.25, -0.2) is 0 Å². The summed E-state index contributed by atoms with van der Waals surface area (Å²) in [5, 5.41) is 39.9. The molecule has 0 bridgehead atoms. The molecule has 2 heterocycles. The second-order valence-electron chi connectivity index (χ2n) is 18.3. The SMILES string of the molecule is CCCCCCCCOc1ccc([C@]2(C)CC[C@@](C)(c3ccc(N=Nc4ccc([C@]5(C)CC[C@@](C)(c6ccc(OCCCCCCCC)cc6)N5[O])cc4)cc3)N2[O])cc1. The lowest BCUT2D eigenvalue weighted by Gasteiger charge is -2.37. The van der Waals surface area contributed by atoms with Gasteiger partial charge in [0.15, 0.2) is 0 Å². The molecule has 2 radical (unpaired) electrons. The van der Waals surface area contributed by atoms with Crippen molar-refractivity contribution in [3.63, 3.8) is 0 Å². The second kappa shape index (κ2) is 20.7. The molecule has 4 aromatic rings. The van der Waals surface area contributed by atoms with Crippen LogP contribution in [0.15, 0.2) is 107 Å². The first-order valence-corrected chi connectivity index (χ1v) is 23.0. The van der Waals surface area contributed by atoms with Gasteiger partial charge in [-0.1, -0.05) is 127 Å². The van der Waals surface area contributed by atoms with Crippen molar-refractivity contribution in [3.8, 4) is 11.5 Å². The van der Waals surface area contributed by atoms with Crippen LogP contribution < -0.4 is 9.47 Å². The van der Waals surface area contributed by atoms with E-state index in [4.69, 9.17) is 9.47 Å². The molecule has 2 fully saturated rings. The Kier molecular flexibility index (Phi) is 15.6. The average Bonchev–Trinajstić information content (AvgIpc) is 3.67. The molecule has 4 aromatic carbocycles. The zero-order valence-corrected chi connectivity index (χ0v) is 37.4. The number of benzene rings is 4. The highest BCUT2D eigenvalue weighted by atomic mass is 16.5. The van der Waals surface area contributed by atoms with Crippen LogP contribution in [0.3, 0.4) is 0 Å². The lowest BCUT2D eigenvalue weighted by molar-refractivity contribution is -0.260. The van der Waals surface area contributed by atoms with E-state index in [2.05, 4.69) is 62.2 Å². The van der Waals surface area contributed by atoms with Gasteiger partial charge in [-0.3, -0.25) is 0 Å². The van der Waals surface area contributed by atoms with Crippen molar-refractivity contribution >= 4 is 11.4 Å². The van der Waals surface area contributed by atoms with Crippen LogP contribution in [0.2, 0.25) is 0 Å². The normalized spacial score (nSPS) is 24.7. The maximum atomic E-state index is 14.1. The van der Waals surface area contributed by atoms with Gasteiger partial charge in [0.05, 0.1) is 46.7 Å². The molecule has 2 aliphatic rings. The summed E-state index contributed by atoms with van der Waals surface area (Å²) in [7, 11) is 0. The number of hydrogen-bond acceptors (Lipinski definition) is 6. The zero-order valence-electron chi connectivity index (χ0n) is 37.4. The Morgan fingerprint density at radius 3 is 0.983 bits per heavy atom. The molecule has 0 N–H and O–H groups in total. The van der Waals surface area contributed by atoms with Crippen molar-refractivity contribution in [2.45, 2.75) is 166 Å². The third-order valence-corrected chi connectivity index (χ3v) is 13.7. The van der Waals surface area contributed by atoms with Gasteiger partial charge >= 0.3 is 0 Å². The number of nitrogens with zero attached hydrogens (tertiary/aromatic N) is 4. The molecule has 2 aliphatic heterocycles. The Hall–Kier alpha value is -4.08. The summed E-state index contributed by atoms with van der Waals surface area (Å²) < 4.78 is 12.0. The molecule has 0 aliphatic carbocycles. The summed E-state index contributed by atoms with van der Waals surface area (Å²) in [6.07, 6.45) is 17.8. The minimum Gasteiger partial charge on any atom is -0.494 e. The lowest BCUT2D eigenvalue weighted by Crippen LogP contribution is -2.44. The molecule has 0 spiro atoms. The number of unbranched alkanes of at least 4 members (excludes halogenated alkanes) is 10. The Bertz CT molecular complexity index is 1790. The van der Waals surface area contributed by atoms with Crippen molar-refractivity contribution in [3.05, 3.63) is 119 Å². The number of rotatable bonds is 22. The zero-order chi connectivity index (χ0) is 42.6. The molecule has 0 aromatic heterocycles. The highest BCUT2D eigenvalue weighted by Crippen LogP contribution is 2.52. The predicted molar refractivity (Wildman–Crippen MR) is 241 cm³/mol. The van der Waals surface area contributed by atoms with Crippen LogP contribution in [-0.2, 0) is 32.6 Å². The predicted octanol–water partition coefficient (Wildman–Crippen LogP) is 14.7. The molecule has 8 heteroatoms. The van der Waals surface area contributed by atoms with Crippen molar-refractivity contribution in [1.29, 1.82) is 0 Å². The molecule has 0 unspecified atom stereocenters. The summed E-state index contributed by atoms with van der Waals surface area (Å²) in [6, 6.07) is 32.0. The monoisotopic (exact) mass is 815 g/mol. The maximum Gasteiger partial charge on any atom is 0.119 e. The van der Waals surface area contributed by atoms with Crippen LogP contribution in [0.25, 0.3) is 0 Å². The van der Waals surface area contributed by atoms with E-state index in [1.807, 2.05) is 86.6 Å². The van der Waals surface area contributed by atoms with E-state index in [9.17, 15) is 10.4 Å². The summed E-state index contributed by atoms with van der Waals surface area (Å²) in [6.45, 7) is 14.1. The second-order valence-corrected chi connectivity index (χ2v) is 18.3. The fourth-order valence-corrected chi connectivity index (χ4v) is 9.37. The van der Waals surface area contributed by atoms with Crippen LogP contribution in [0.5, 0.6) is 11.5 Å². The molecule has 0 saturated carbocycles. The molecular formula is C52H70N4O4. The van der Waals surface area contributed by atoms with Gasteiger partial charge in [0.1, 0.15) is 11.5 Å². The topological polar surface area (TPSA) is 89.5 Å². The summed E-state index contributed by atoms with van der Waals surface area (Å²) in [4.78, 5) is 0. The first-order chi connectivity index (χ1) is 29.0. The van der Waals surface area contributed by atoms with E-state index in [1.54, 1.807) is 0 Å². The van der Waals surface area contributed by atoms with Crippen molar-refractivity contribution in [1.82, 2.24) is 10.1 Å². The van der Waals surface area contributed by atoms with E-state index in [-0.39, 0.29) is 0 Å². The van der Waals surface area contributed by atoms with Gasteiger partial charge in [-0.05, 0) is 137 Å². The smallest absolute Gasteiger partial charge is 0.119 e. The average molecular weight is 815 g/mol. The van der Waals surface area contributed by atoms with Crippen LogP contribution in [0.1, 0.15) is 167 Å². The Balaban J connectivity index is 1.01. The minimum atomic E-state index is -0.667. The largest absolute Gasteiger partial charge is 0.494 e. The number of ether oxygens (including phenoxy) is 2. The quantitative estimate of drug-likeness (QED) is 0.0584. The maximum absolute atomic E-state index is 14.1. The van der Waals surface area contributed by atoms with E-state index in [0.717, 1.165) is 85.5 Å². The van der Waals surface area contributed by atoms with Gasteiger partial charge in [-0.2, -0.15) is 10.2 Å². The lowest BCUT2D eigenvalue weighted by atomic mass is 9.89. The molecule has 6 rings (SSSR count). The third-order valence-electron chi connectivity index (χ3n) is 13.7. The van der Waals surface area contributed by atoms with Crippen LogP contribution >= 0.6 is 0 Å². The van der Waals surface area contributed by atoms with Gasteiger partial charge in [0.25, 0.3) is 0 Å². The van der Waals surface area contributed by atoms with E-state index >= 15 is 0 Å². The standard InChI is InChI=1S/C52H70N4O4/c1-7-9-11-13-15-17-39-59-47-31-23-43(24-32-47)51(5)37-35-49(3,55(51)57)41-19-27-45(28-20-41)53-54-46-29-21-42(22-30-46)50(4)36-38-52(6,56(50)58)44-25-33-48(34-26-44)60-40-18-16-14-12-10-8-2/h19-34H,7-18,35-40H2,1-6H3/t49-,50-,51-,52-/m0/s1. The van der Waals surface area contributed by atoms with Crippen LogP contribution in [0.4, 0.5) is 11.4 Å². The van der Waals surface area contributed by atoms with E-state index < -0.39 is 22.2 Å². The molecular weight excluding hydrogens is 745 g/mol. The Morgan fingerprint density at radius 1 is 0.417 bits per heavy atom. The Morgan fingerprint density at radius 2 is 0.683 bits per heavy atom. The van der Waals surface area contributed by atoms with E-state index in [1.165, 1.54) is 74.3 Å². The van der Waals surface area contributed by atoms with Gasteiger partial charge in [0, 0.05) is 0 Å². The van der Waals surface area contributed by atoms with Crippen molar-refractivity contribution in [2.75, 3.05) is 13.2 Å². The fourth-order valence-electron chi connectivity index (χ4n) is 9.37. The summed E-state index contributed by atoms with van der Waals surface area (Å²) in [5.74, 6) is 1.72. The molecule has 60 heavy (non-hydrogen) atoms. The van der Waals surface area contributed by atoms with Gasteiger partial charge < -0.3 is 9.47 Å². The molecule has 8 nitrogen and oxygen atoms in total. The highest BCUT2D eigenvalue weighted by molar-refractivity contribution is 5.45. The van der Waals surface area contributed by atoms with Gasteiger partial charge in [-0.15, -0.1) is 20.5 Å². The minimum absolute atomic E-state index is 0.637. The number of hydrogen-bond donors (Lipinski definition) is 0.